The maximum absolute atomic E-state index is 13.3. The average Bonchev–Trinajstić information content (AvgIpc) is 3.27. The van der Waals surface area contributed by atoms with Gasteiger partial charge in [-0.3, -0.25) is 9.59 Å². The Balaban J connectivity index is 1.69. The molecule has 0 radical (unpaired) electrons. The largest absolute Gasteiger partial charge is 0.476 e. The van der Waals surface area contributed by atoms with Crippen molar-refractivity contribution >= 4 is 16.9 Å². The summed E-state index contributed by atoms with van der Waals surface area (Å²) in [6, 6.07) is 14.7. The summed E-state index contributed by atoms with van der Waals surface area (Å²) in [7, 11) is 0. The van der Waals surface area contributed by atoms with Crippen LogP contribution in [0.2, 0.25) is 0 Å². The molecular weight excluding hydrogens is 394 g/mol. The van der Waals surface area contributed by atoms with Gasteiger partial charge in [0.05, 0.1) is 18.2 Å². The molecule has 0 saturated heterocycles. The van der Waals surface area contributed by atoms with E-state index in [1.807, 2.05) is 51.1 Å². The quantitative estimate of drug-likeness (QED) is 0.493. The molecule has 0 fully saturated rings. The molecule has 0 aliphatic heterocycles. The number of furan rings is 1. The molecule has 4 aromatic rings. The van der Waals surface area contributed by atoms with Gasteiger partial charge in [-0.1, -0.05) is 29.8 Å². The second kappa shape index (κ2) is 8.52. The van der Waals surface area contributed by atoms with Crippen LogP contribution in [-0.4, -0.2) is 12.5 Å². The summed E-state index contributed by atoms with van der Waals surface area (Å²) in [5.41, 5.74) is 3.96. The zero-order valence-electron chi connectivity index (χ0n) is 17.7. The summed E-state index contributed by atoms with van der Waals surface area (Å²) in [5, 5.41) is 3.13. The molecule has 31 heavy (non-hydrogen) atoms. The zero-order chi connectivity index (χ0) is 22.0. The Morgan fingerprint density at radius 1 is 1.03 bits per heavy atom. The molecule has 158 valence electrons. The smallest absolute Gasteiger partial charge is 0.258 e. The van der Waals surface area contributed by atoms with Crippen LogP contribution in [0.3, 0.4) is 0 Å². The molecule has 0 atom stereocenters. The number of fused-ring (bicyclic) bond motifs is 1. The molecule has 0 aliphatic carbocycles. The Morgan fingerprint density at radius 3 is 2.48 bits per heavy atom. The number of hydrogen-bond donors (Lipinski definition) is 1. The standard InChI is InChI=1S/C25H23NO5/c1-15-6-8-18(9-7-15)24-25(30-14-22(27)26-13-19-5-4-10-29-19)23(28)20-11-16(2)17(3)12-21(20)31-24/h4-12H,13-14H2,1-3H3,(H,26,27). The van der Waals surface area contributed by atoms with Crippen LogP contribution in [0, 0.1) is 20.8 Å². The average molecular weight is 417 g/mol. The highest BCUT2D eigenvalue weighted by Crippen LogP contribution is 2.32. The SMILES string of the molecule is Cc1ccc(-c2oc3cc(C)c(C)cc3c(=O)c2OCC(=O)NCc2ccco2)cc1. The van der Waals surface area contributed by atoms with Crippen molar-refractivity contribution in [2.45, 2.75) is 27.3 Å². The number of carbonyl (C=O) groups is 1. The van der Waals surface area contributed by atoms with Gasteiger partial charge in [-0.25, -0.2) is 0 Å². The van der Waals surface area contributed by atoms with Crippen LogP contribution in [0.1, 0.15) is 22.5 Å². The van der Waals surface area contributed by atoms with E-state index >= 15 is 0 Å². The Morgan fingerprint density at radius 2 is 1.77 bits per heavy atom. The minimum Gasteiger partial charge on any atom is -0.476 e. The fourth-order valence-corrected chi connectivity index (χ4v) is 3.25. The first-order valence-electron chi connectivity index (χ1n) is 9.99. The molecule has 0 spiro atoms. The van der Waals surface area contributed by atoms with E-state index in [-0.39, 0.29) is 30.2 Å². The summed E-state index contributed by atoms with van der Waals surface area (Å²) in [6.07, 6.45) is 1.54. The van der Waals surface area contributed by atoms with Gasteiger partial charge in [-0.2, -0.15) is 0 Å². The normalized spacial score (nSPS) is 10.9. The van der Waals surface area contributed by atoms with E-state index in [0.717, 1.165) is 16.7 Å². The lowest BCUT2D eigenvalue weighted by Gasteiger charge is -2.13. The lowest BCUT2D eigenvalue weighted by atomic mass is 10.0. The van der Waals surface area contributed by atoms with Gasteiger partial charge in [0.2, 0.25) is 11.2 Å². The molecule has 0 aliphatic rings. The van der Waals surface area contributed by atoms with Crippen molar-refractivity contribution in [3.63, 3.8) is 0 Å². The first-order chi connectivity index (χ1) is 14.9. The van der Waals surface area contributed by atoms with Gasteiger partial charge in [0, 0.05) is 5.56 Å². The predicted octanol–water partition coefficient (Wildman–Crippen LogP) is 4.67. The van der Waals surface area contributed by atoms with E-state index in [4.69, 9.17) is 13.6 Å². The Bertz CT molecular complexity index is 1280. The highest BCUT2D eigenvalue weighted by molar-refractivity contribution is 5.84. The van der Waals surface area contributed by atoms with E-state index in [9.17, 15) is 9.59 Å². The second-order valence-electron chi connectivity index (χ2n) is 7.53. The van der Waals surface area contributed by atoms with Crippen molar-refractivity contribution in [1.29, 1.82) is 0 Å². The fraction of sp³-hybridized carbons (Fsp3) is 0.200. The molecule has 2 aromatic carbocycles. The van der Waals surface area contributed by atoms with E-state index in [1.54, 1.807) is 18.2 Å². The monoisotopic (exact) mass is 417 g/mol. The Hall–Kier alpha value is -3.80. The number of amides is 1. The molecule has 6 nitrogen and oxygen atoms in total. The maximum atomic E-state index is 13.3. The fourth-order valence-electron chi connectivity index (χ4n) is 3.25. The highest BCUT2D eigenvalue weighted by Gasteiger charge is 2.19. The molecule has 2 aromatic heterocycles. The van der Waals surface area contributed by atoms with Crippen molar-refractivity contribution in [3.8, 4) is 17.1 Å². The topological polar surface area (TPSA) is 81.7 Å². The summed E-state index contributed by atoms with van der Waals surface area (Å²) in [6.45, 7) is 5.80. The molecule has 2 heterocycles. The van der Waals surface area contributed by atoms with Gasteiger partial charge < -0.3 is 18.9 Å². The van der Waals surface area contributed by atoms with Crippen molar-refractivity contribution < 1.29 is 18.4 Å². The number of carbonyl (C=O) groups excluding carboxylic acids is 1. The number of benzene rings is 2. The van der Waals surface area contributed by atoms with Crippen LogP contribution in [0.25, 0.3) is 22.3 Å². The molecule has 1 amide bonds. The van der Waals surface area contributed by atoms with Gasteiger partial charge in [0.15, 0.2) is 12.4 Å². The first-order valence-corrected chi connectivity index (χ1v) is 9.99. The molecule has 4 rings (SSSR count). The molecular formula is C25H23NO5. The van der Waals surface area contributed by atoms with Gasteiger partial charge in [-0.05, 0) is 56.2 Å². The van der Waals surface area contributed by atoms with Crippen LogP contribution < -0.4 is 15.5 Å². The lowest BCUT2D eigenvalue weighted by molar-refractivity contribution is -0.123. The third-order valence-corrected chi connectivity index (χ3v) is 5.17. The molecule has 6 heteroatoms. The van der Waals surface area contributed by atoms with E-state index in [1.165, 1.54) is 6.26 Å². The number of rotatable bonds is 6. The van der Waals surface area contributed by atoms with Crippen molar-refractivity contribution in [3.05, 3.63) is 87.5 Å². The number of hydrogen-bond acceptors (Lipinski definition) is 5. The van der Waals surface area contributed by atoms with E-state index in [2.05, 4.69) is 5.32 Å². The minimum atomic E-state index is -0.370. The molecule has 0 unspecified atom stereocenters. The Labute approximate surface area is 179 Å². The van der Waals surface area contributed by atoms with Crippen molar-refractivity contribution in [2.24, 2.45) is 0 Å². The maximum Gasteiger partial charge on any atom is 0.258 e. The van der Waals surface area contributed by atoms with Crippen LogP contribution in [0.5, 0.6) is 5.75 Å². The predicted molar refractivity (Wildman–Crippen MR) is 118 cm³/mol. The summed E-state index contributed by atoms with van der Waals surface area (Å²) in [5.74, 6) is 0.586. The van der Waals surface area contributed by atoms with Crippen LogP contribution in [0.15, 0.2) is 68.4 Å². The molecule has 1 N–H and O–H groups in total. The Kier molecular flexibility index (Phi) is 5.62. The van der Waals surface area contributed by atoms with Gasteiger partial charge in [-0.15, -0.1) is 0 Å². The third-order valence-electron chi connectivity index (χ3n) is 5.17. The summed E-state index contributed by atoms with van der Waals surface area (Å²) in [4.78, 5) is 25.5. The van der Waals surface area contributed by atoms with Gasteiger partial charge >= 0.3 is 0 Å². The van der Waals surface area contributed by atoms with Crippen LogP contribution >= 0.6 is 0 Å². The molecule has 0 saturated carbocycles. The third kappa shape index (κ3) is 4.38. The van der Waals surface area contributed by atoms with Crippen LogP contribution in [-0.2, 0) is 11.3 Å². The number of ether oxygens (including phenoxy) is 1. The van der Waals surface area contributed by atoms with Crippen molar-refractivity contribution in [2.75, 3.05) is 6.61 Å². The number of nitrogens with one attached hydrogen (secondary N) is 1. The van der Waals surface area contributed by atoms with Crippen molar-refractivity contribution in [1.82, 2.24) is 5.32 Å². The highest BCUT2D eigenvalue weighted by atomic mass is 16.5. The number of aryl methyl sites for hydroxylation is 3. The minimum absolute atomic E-state index is 0.0211. The zero-order valence-corrected chi connectivity index (χ0v) is 17.7. The first kappa shape index (κ1) is 20.5. The van der Waals surface area contributed by atoms with Gasteiger partial charge in [0.1, 0.15) is 11.3 Å². The molecule has 0 bridgehead atoms. The van der Waals surface area contributed by atoms with E-state index in [0.29, 0.717) is 28.1 Å². The van der Waals surface area contributed by atoms with Crippen LogP contribution in [0.4, 0.5) is 0 Å². The summed E-state index contributed by atoms with van der Waals surface area (Å²) < 4.78 is 17.0. The van der Waals surface area contributed by atoms with Gasteiger partial charge in [0.25, 0.3) is 5.91 Å². The lowest BCUT2D eigenvalue weighted by Crippen LogP contribution is -2.29. The second-order valence-corrected chi connectivity index (χ2v) is 7.53. The van der Waals surface area contributed by atoms with E-state index < -0.39 is 0 Å². The summed E-state index contributed by atoms with van der Waals surface area (Å²) >= 11 is 0.